The van der Waals surface area contributed by atoms with Gasteiger partial charge in [0.25, 0.3) is 0 Å². The van der Waals surface area contributed by atoms with Crippen LogP contribution in [0.2, 0.25) is 0 Å². The van der Waals surface area contributed by atoms with Crippen molar-refractivity contribution in [3.05, 3.63) is 65.1 Å². The van der Waals surface area contributed by atoms with Crippen molar-refractivity contribution in [2.45, 2.75) is 181 Å². The molecule has 0 N–H and O–H groups in total. The summed E-state index contributed by atoms with van der Waals surface area (Å²) in [6.45, 7) is 6.58. The Balaban J connectivity index is 1.46. The van der Waals surface area contributed by atoms with E-state index < -0.39 is 0 Å². The average Bonchev–Trinajstić information content (AvgIpc) is 3.06. The minimum atomic E-state index is 0.128. The van der Waals surface area contributed by atoms with Crippen LogP contribution in [-0.4, -0.2) is 4.57 Å². The van der Waals surface area contributed by atoms with Gasteiger partial charge in [-0.05, 0) is 31.0 Å². The number of fused-ring (bicyclic) bond motifs is 1. The van der Waals surface area contributed by atoms with Gasteiger partial charge in [0.1, 0.15) is 6.54 Å². The molecular weight excluding hydrogens is 548 g/mol. The van der Waals surface area contributed by atoms with Gasteiger partial charge < -0.3 is 4.57 Å². The zero-order valence-corrected chi connectivity index (χ0v) is 29.4. The summed E-state index contributed by atoms with van der Waals surface area (Å²) >= 11 is 0. The van der Waals surface area contributed by atoms with E-state index in [1.54, 1.807) is 0 Å². The van der Waals surface area contributed by atoms with Crippen molar-refractivity contribution < 1.29 is 4.57 Å². The first kappa shape index (κ1) is 37.0. The minimum Gasteiger partial charge on any atom is -0.340 e. The number of pyridine rings is 2. The fourth-order valence-corrected chi connectivity index (χ4v) is 6.87. The fraction of sp³-hybridized carbons (Fsp3) is 0.667. The van der Waals surface area contributed by atoms with Gasteiger partial charge in [-0.15, -0.1) is 0 Å². The molecule has 3 nitrogen and oxygen atoms in total. The average molecular weight is 616 g/mol. The molecule has 0 fully saturated rings. The molecule has 0 aliphatic carbocycles. The Morgan fingerprint density at radius 1 is 0.556 bits per heavy atom. The van der Waals surface area contributed by atoms with Crippen LogP contribution in [-0.2, 0) is 13.1 Å². The van der Waals surface area contributed by atoms with Crippen molar-refractivity contribution in [1.82, 2.24) is 4.57 Å². The molecule has 0 aliphatic rings. The van der Waals surface area contributed by atoms with Crippen LogP contribution in [0.5, 0.6) is 0 Å². The number of unbranched alkanes of at least 4 members (excludes halogenated alkanes) is 22. The monoisotopic (exact) mass is 616 g/mol. The summed E-state index contributed by atoms with van der Waals surface area (Å²) in [5.41, 5.74) is 3.41. The maximum absolute atomic E-state index is 13.2. The van der Waals surface area contributed by atoms with Crippen LogP contribution < -0.4 is 10.00 Å². The largest absolute Gasteiger partial charge is 0.340 e. The fourth-order valence-electron chi connectivity index (χ4n) is 6.87. The molecule has 3 heteroatoms. The number of aryl methyl sites for hydroxylation is 2. The number of rotatable bonds is 27. The molecule has 1 aromatic carbocycles. The molecule has 0 spiro atoms. The molecular formula is C42H67N2O+. The summed E-state index contributed by atoms with van der Waals surface area (Å²) in [6.07, 6.45) is 37.2. The van der Waals surface area contributed by atoms with Crippen molar-refractivity contribution in [2.24, 2.45) is 0 Å². The van der Waals surface area contributed by atoms with Crippen LogP contribution >= 0.6 is 0 Å². The first-order chi connectivity index (χ1) is 22.2. The summed E-state index contributed by atoms with van der Waals surface area (Å²) in [4.78, 5) is 13.2. The molecule has 2 aromatic heterocycles. The van der Waals surface area contributed by atoms with Gasteiger partial charge in [-0.25, -0.2) is 4.57 Å². The highest BCUT2D eigenvalue weighted by Gasteiger charge is 2.13. The molecule has 0 aliphatic heterocycles. The van der Waals surface area contributed by atoms with E-state index in [-0.39, 0.29) is 5.43 Å². The Bertz CT molecular complexity index is 1230. The van der Waals surface area contributed by atoms with Crippen LogP contribution in [0.1, 0.15) is 168 Å². The summed E-state index contributed by atoms with van der Waals surface area (Å²) in [6, 6.07) is 14.4. The van der Waals surface area contributed by atoms with E-state index in [2.05, 4.69) is 59.6 Å². The van der Waals surface area contributed by atoms with Crippen molar-refractivity contribution in [1.29, 1.82) is 0 Å². The third-order valence-electron chi connectivity index (χ3n) is 9.68. The van der Waals surface area contributed by atoms with E-state index in [1.807, 2.05) is 18.2 Å². The standard InChI is InChI=1S/C42H67N2O/c1-3-5-7-9-11-13-15-17-19-21-23-27-33-43-34-29-30-38(37-43)41-36-42(45)39-31-25-26-32-40(39)44(41)35-28-24-22-20-18-16-14-12-10-8-6-4-2/h25-26,29-32,34,36-37H,3-24,27-28,33,35H2,1-2H3/q+1. The molecule has 0 saturated heterocycles. The molecule has 0 saturated carbocycles. The van der Waals surface area contributed by atoms with Crippen molar-refractivity contribution in [3.63, 3.8) is 0 Å². The van der Waals surface area contributed by atoms with E-state index in [4.69, 9.17) is 0 Å². The molecule has 0 bridgehead atoms. The van der Waals surface area contributed by atoms with Crippen LogP contribution in [0, 0.1) is 0 Å². The van der Waals surface area contributed by atoms with Gasteiger partial charge in [0.2, 0.25) is 0 Å². The number of para-hydroxylation sites is 1. The van der Waals surface area contributed by atoms with Crippen LogP contribution in [0.25, 0.3) is 22.2 Å². The normalized spacial score (nSPS) is 11.5. The van der Waals surface area contributed by atoms with Gasteiger partial charge >= 0.3 is 0 Å². The van der Waals surface area contributed by atoms with Crippen LogP contribution in [0.3, 0.4) is 0 Å². The third-order valence-corrected chi connectivity index (χ3v) is 9.68. The summed E-state index contributed by atoms with van der Waals surface area (Å²) in [7, 11) is 0. The van der Waals surface area contributed by atoms with Gasteiger partial charge in [0, 0.05) is 30.5 Å². The lowest BCUT2D eigenvalue weighted by Gasteiger charge is -2.17. The quantitative estimate of drug-likeness (QED) is 0.0619. The predicted molar refractivity (Wildman–Crippen MR) is 196 cm³/mol. The highest BCUT2D eigenvalue weighted by molar-refractivity contribution is 5.82. The summed E-state index contributed by atoms with van der Waals surface area (Å²) in [5.74, 6) is 0. The Morgan fingerprint density at radius 2 is 1.04 bits per heavy atom. The number of aromatic nitrogens is 2. The molecule has 3 aromatic rings. The molecule has 0 amide bonds. The highest BCUT2D eigenvalue weighted by Crippen LogP contribution is 2.23. The second-order valence-corrected chi connectivity index (χ2v) is 13.7. The zero-order valence-electron chi connectivity index (χ0n) is 29.4. The topological polar surface area (TPSA) is 25.9 Å². The molecule has 2 heterocycles. The molecule has 3 rings (SSSR count). The van der Waals surface area contributed by atoms with Gasteiger partial charge in [0.15, 0.2) is 17.8 Å². The van der Waals surface area contributed by atoms with E-state index in [9.17, 15) is 4.79 Å². The maximum atomic E-state index is 13.2. The molecule has 45 heavy (non-hydrogen) atoms. The molecule has 0 unspecified atom stereocenters. The zero-order chi connectivity index (χ0) is 31.8. The lowest BCUT2D eigenvalue weighted by Crippen LogP contribution is -2.33. The lowest BCUT2D eigenvalue weighted by molar-refractivity contribution is -0.696. The first-order valence-corrected chi connectivity index (χ1v) is 19.4. The number of benzene rings is 1. The maximum Gasteiger partial charge on any atom is 0.190 e. The lowest BCUT2D eigenvalue weighted by atomic mass is 10.0. The van der Waals surface area contributed by atoms with E-state index in [0.717, 1.165) is 41.7 Å². The SMILES string of the molecule is CCCCCCCCCCCCCCn1c(-c2ccc[n+](CCCCCCCCCCCCCC)c2)cc(=O)c2ccccc21. The third kappa shape index (κ3) is 14.7. The van der Waals surface area contributed by atoms with Crippen molar-refractivity contribution in [2.75, 3.05) is 0 Å². The van der Waals surface area contributed by atoms with Crippen molar-refractivity contribution >= 4 is 10.9 Å². The van der Waals surface area contributed by atoms with Crippen LogP contribution in [0.4, 0.5) is 0 Å². The van der Waals surface area contributed by atoms with E-state index in [1.165, 1.54) is 148 Å². The van der Waals surface area contributed by atoms with Gasteiger partial charge in [0.05, 0.1) is 16.8 Å². The van der Waals surface area contributed by atoms with E-state index >= 15 is 0 Å². The van der Waals surface area contributed by atoms with Gasteiger partial charge in [-0.2, -0.15) is 0 Å². The first-order valence-electron chi connectivity index (χ1n) is 19.4. The number of nitrogens with zero attached hydrogens (tertiary/aromatic N) is 2. The number of hydrogen-bond acceptors (Lipinski definition) is 1. The number of hydrogen-bond donors (Lipinski definition) is 0. The molecule has 0 atom stereocenters. The Labute approximate surface area is 276 Å². The van der Waals surface area contributed by atoms with Crippen molar-refractivity contribution in [3.8, 4) is 11.3 Å². The minimum absolute atomic E-state index is 0.128. The Morgan fingerprint density at radius 3 is 1.60 bits per heavy atom. The second-order valence-electron chi connectivity index (χ2n) is 13.7. The Kier molecular flexibility index (Phi) is 19.6. The van der Waals surface area contributed by atoms with Gasteiger partial charge in [-0.3, -0.25) is 4.79 Å². The molecule has 250 valence electrons. The predicted octanol–water partition coefficient (Wildman–Crippen LogP) is 12.4. The Hall–Kier alpha value is -2.42. The smallest absolute Gasteiger partial charge is 0.190 e. The highest BCUT2D eigenvalue weighted by atomic mass is 16.1. The molecule has 0 radical (unpaired) electrons. The van der Waals surface area contributed by atoms with Crippen LogP contribution in [0.15, 0.2) is 59.7 Å². The van der Waals surface area contributed by atoms with Gasteiger partial charge in [-0.1, -0.05) is 161 Å². The van der Waals surface area contributed by atoms with E-state index in [0.29, 0.717) is 0 Å². The summed E-state index contributed by atoms with van der Waals surface area (Å²) in [5, 5.41) is 0.834. The second kappa shape index (κ2) is 23.9. The summed E-state index contributed by atoms with van der Waals surface area (Å²) < 4.78 is 4.75.